The Labute approximate surface area is 395 Å². The first kappa shape index (κ1) is 52.2. The Hall–Kier alpha value is -5.14. The van der Waals surface area contributed by atoms with E-state index in [2.05, 4.69) is 0 Å². The number of fused-ring (bicyclic) bond motifs is 6. The number of benzene rings is 4. The first-order chi connectivity index (χ1) is 31.7. The predicted molar refractivity (Wildman–Crippen MR) is 247 cm³/mol. The minimum atomic E-state index is -5.27. The lowest BCUT2D eigenvalue weighted by Crippen LogP contribution is -2.30. The van der Waals surface area contributed by atoms with Gasteiger partial charge in [-0.2, -0.15) is 4.58 Å². The second kappa shape index (κ2) is 19.7. The topological polar surface area (TPSA) is 291 Å². The number of aliphatic carboxylic acids is 1. The molecule has 0 aromatic heterocycles. The molecule has 4 aromatic carbocycles. The van der Waals surface area contributed by atoms with Crippen LogP contribution in [0, 0.1) is 0 Å². The molecule has 0 fully saturated rings. The van der Waals surface area contributed by atoms with Gasteiger partial charge in [-0.25, -0.2) is 33.7 Å². The molecule has 0 radical (unpaired) electrons. The molecule has 4 aromatic rings. The van der Waals surface area contributed by atoms with Gasteiger partial charge in [0.15, 0.2) is 12.3 Å². The van der Waals surface area contributed by atoms with E-state index in [1.807, 2.05) is 42.4 Å². The monoisotopic (exact) mass is 1010 g/mol. The molecule has 6 rings (SSSR count). The third kappa shape index (κ3) is 10.5. The summed E-state index contributed by atoms with van der Waals surface area (Å²) >= 11 is 0. The molecule has 2 heterocycles. The van der Waals surface area contributed by atoms with E-state index in [-0.39, 0.29) is 47.6 Å². The highest BCUT2D eigenvalue weighted by molar-refractivity contribution is 7.87. The van der Waals surface area contributed by atoms with Crippen LogP contribution in [0.2, 0.25) is 0 Å². The van der Waals surface area contributed by atoms with Crippen molar-refractivity contribution in [1.82, 2.24) is 0 Å². The first-order valence-electron chi connectivity index (χ1n) is 21.1. The van der Waals surface area contributed by atoms with E-state index in [0.29, 0.717) is 78.4 Å². The van der Waals surface area contributed by atoms with Gasteiger partial charge in [0.25, 0.3) is 0 Å². The largest absolute Gasteiger partial charge is 0.744 e. The van der Waals surface area contributed by atoms with Crippen molar-refractivity contribution in [2.75, 3.05) is 45.4 Å². The van der Waals surface area contributed by atoms with Crippen LogP contribution >= 0.6 is 0 Å². The van der Waals surface area contributed by atoms with Gasteiger partial charge in [0.05, 0.1) is 25.0 Å². The standard InChI is InChI=1S/C46H52N2O16S4/c1-45(2)40(48(23-25-64-5)36-19-17-32-34(43(36)45)26-30(65(51,52)53)28-38(32)67(57,58)59)14-10-7-6-8-11-15-41-46(3,21-24-63-4)44-35-27-31(66(54,55)56)29-39(68(60,61)62)33(35)18-20-37(44)47(41)22-13-9-12-16-42(49)50/h6-8,10-11,14-15,17-20,26-29H,9,12-13,16,21-25H2,1-5H3,(H4-,49,50,51,52,53,54,55,56,57,58,59,60,61,62)/p-3. The molecule has 0 amide bonds. The van der Waals surface area contributed by atoms with E-state index in [4.69, 9.17) is 9.47 Å². The Kier molecular flexibility index (Phi) is 15.1. The molecule has 1 N–H and O–H groups in total. The molecule has 18 nitrogen and oxygen atoms in total. The molecule has 0 saturated heterocycles. The van der Waals surface area contributed by atoms with Crippen molar-refractivity contribution in [3.8, 4) is 0 Å². The van der Waals surface area contributed by atoms with Gasteiger partial charge in [-0.1, -0.05) is 42.9 Å². The maximum absolute atomic E-state index is 12.5. The van der Waals surface area contributed by atoms with Crippen molar-refractivity contribution < 1.29 is 75.8 Å². The lowest BCUT2D eigenvalue weighted by molar-refractivity contribution is -0.441. The first-order valence-corrected chi connectivity index (χ1v) is 26.7. The SMILES string of the molecule is COCC[N+]1=C(/C=C/C=C/C=C/C=C2/N(CCCCCC(=O)O)c3ccc4c(S(=O)(=O)[O-])cc(S(=O)(=O)[O-])cc4c3C2(C)CCOC)C(C)(C)c2c1ccc1c(S(=O)(=O)[O-])cc(S(=O)(=O)[O-])cc21. The Balaban J connectivity index is 1.42. The van der Waals surface area contributed by atoms with Crippen LogP contribution in [0.1, 0.15) is 64.0 Å². The number of hydrogen-bond acceptors (Lipinski definition) is 16. The summed E-state index contributed by atoms with van der Waals surface area (Å²) < 4.78 is 161. The van der Waals surface area contributed by atoms with E-state index in [9.17, 15) is 61.8 Å². The highest BCUT2D eigenvalue weighted by atomic mass is 32.2. The zero-order valence-corrected chi connectivity index (χ0v) is 40.9. The molecule has 366 valence electrons. The van der Waals surface area contributed by atoms with Crippen molar-refractivity contribution in [3.05, 3.63) is 108 Å². The number of allylic oxidation sites excluding steroid dienone is 8. The van der Waals surface area contributed by atoms with Crippen LogP contribution < -0.4 is 4.90 Å². The van der Waals surface area contributed by atoms with Crippen LogP contribution in [-0.2, 0) is 65.6 Å². The van der Waals surface area contributed by atoms with Gasteiger partial charge >= 0.3 is 5.97 Å². The van der Waals surface area contributed by atoms with Gasteiger partial charge in [0, 0.05) is 73.7 Å². The summed E-state index contributed by atoms with van der Waals surface area (Å²) in [5.41, 5.74) is 1.50. The highest BCUT2D eigenvalue weighted by Gasteiger charge is 2.47. The Morgan fingerprint density at radius 3 is 1.76 bits per heavy atom. The molecular formula is C46H49N2O16S4-3. The molecule has 1 unspecified atom stereocenters. The van der Waals surface area contributed by atoms with Crippen LogP contribution in [0.3, 0.4) is 0 Å². The summed E-state index contributed by atoms with van der Waals surface area (Å²) in [4.78, 5) is 9.75. The van der Waals surface area contributed by atoms with Gasteiger partial charge in [-0.15, -0.1) is 0 Å². The van der Waals surface area contributed by atoms with Crippen LogP contribution in [0.4, 0.5) is 11.4 Å². The molecule has 2 aliphatic heterocycles. The van der Waals surface area contributed by atoms with E-state index in [1.54, 1.807) is 42.5 Å². The molecule has 0 saturated carbocycles. The van der Waals surface area contributed by atoms with Gasteiger partial charge in [-0.3, -0.25) is 4.79 Å². The molecule has 68 heavy (non-hydrogen) atoms. The average molecular weight is 1010 g/mol. The van der Waals surface area contributed by atoms with Crippen molar-refractivity contribution >= 4 is 85.1 Å². The zero-order chi connectivity index (χ0) is 50.2. The number of methoxy groups -OCH3 is 2. The second-order valence-electron chi connectivity index (χ2n) is 17.0. The fourth-order valence-corrected chi connectivity index (χ4v) is 11.9. The van der Waals surface area contributed by atoms with Gasteiger partial charge < -0.3 is 37.7 Å². The van der Waals surface area contributed by atoms with E-state index >= 15 is 0 Å². The Morgan fingerprint density at radius 1 is 0.676 bits per heavy atom. The molecule has 0 bridgehead atoms. The van der Waals surface area contributed by atoms with Crippen molar-refractivity contribution in [3.63, 3.8) is 0 Å². The number of unbranched alkanes of at least 4 members (excludes halogenated alkanes) is 2. The molecule has 1 atom stereocenters. The number of carbonyl (C=O) groups is 1. The molecule has 0 aliphatic carbocycles. The van der Waals surface area contributed by atoms with Crippen LogP contribution in [0.5, 0.6) is 0 Å². The third-order valence-electron chi connectivity index (χ3n) is 12.3. The van der Waals surface area contributed by atoms with Gasteiger partial charge in [0.1, 0.15) is 47.1 Å². The van der Waals surface area contributed by atoms with Gasteiger partial charge in [-0.05, 0) is 104 Å². The minimum absolute atomic E-state index is 0.0325. The van der Waals surface area contributed by atoms with E-state index in [1.165, 1.54) is 26.4 Å². The van der Waals surface area contributed by atoms with Gasteiger partial charge in [0.2, 0.25) is 5.69 Å². The lowest BCUT2D eigenvalue weighted by Gasteiger charge is -2.31. The van der Waals surface area contributed by atoms with Crippen LogP contribution in [0.25, 0.3) is 21.5 Å². The number of ether oxygens (including phenoxy) is 2. The molecule has 2 aliphatic rings. The molecular weight excluding hydrogens is 965 g/mol. The highest BCUT2D eigenvalue weighted by Crippen LogP contribution is 2.54. The Bertz CT molecular complexity index is 3320. The molecule has 22 heteroatoms. The van der Waals surface area contributed by atoms with Crippen molar-refractivity contribution in [2.45, 2.75) is 83.3 Å². The number of hydrogen-bond donors (Lipinski definition) is 1. The summed E-state index contributed by atoms with van der Waals surface area (Å²) in [6, 6.07) is 9.37. The summed E-state index contributed by atoms with van der Waals surface area (Å²) in [6.07, 6.45) is 14.0. The summed E-state index contributed by atoms with van der Waals surface area (Å²) in [5, 5.41) is 9.28. The average Bonchev–Trinajstić information content (AvgIpc) is 3.61. The minimum Gasteiger partial charge on any atom is -0.744 e. The third-order valence-corrected chi connectivity index (χ3v) is 15.7. The lowest BCUT2D eigenvalue weighted by atomic mass is 9.76. The maximum Gasteiger partial charge on any atom is 0.303 e. The number of carboxylic acids is 1. The fraction of sp³-hybridized carbons (Fsp3) is 0.348. The van der Waals surface area contributed by atoms with E-state index < -0.39 is 76.9 Å². The van der Waals surface area contributed by atoms with Crippen molar-refractivity contribution in [2.24, 2.45) is 0 Å². The molecule has 0 spiro atoms. The number of rotatable bonds is 20. The number of anilines is 1. The number of carboxylic acid groups (broad SMARTS) is 1. The second-order valence-corrected chi connectivity index (χ2v) is 22.5. The van der Waals surface area contributed by atoms with Crippen LogP contribution in [0.15, 0.2) is 116 Å². The Morgan fingerprint density at radius 2 is 1.22 bits per heavy atom. The van der Waals surface area contributed by atoms with Crippen molar-refractivity contribution in [1.29, 1.82) is 0 Å². The predicted octanol–water partition coefficient (Wildman–Crippen LogP) is 5.64. The fourth-order valence-electron chi connectivity index (χ4n) is 9.27. The smallest absolute Gasteiger partial charge is 0.303 e. The quantitative estimate of drug-likeness (QED) is 0.0484. The summed E-state index contributed by atoms with van der Waals surface area (Å²) in [5.74, 6) is -0.936. The normalized spacial score (nSPS) is 18.4. The summed E-state index contributed by atoms with van der Waals surface area (Å²) in [7, 11) is -17.9. The maximum atomic E-state index is 12.5. The van der Waals surface area contributed by atoms with E-state index in [0.717, 1.165) is 12.1 Å². The van der Waals surface area contributed by atoms with Crippen LogP contribution in [-0.4, -0.2) is 114 Å². The summed E-state index contributed by atoms with van der Waals surface area (Å²) in [6.45, 7) is 6.64. The zero-order valence-electron chi connectivity index (χ0n) is 37.6. The number of nitrogens with zero attached hydrogens (tertiary/aromatic N) is 2.